The van der Waals surface area contributed by atoms with E-state index in [1.54, 1.807) is 0 Å². The lowest BCUT2D eigenvalue weighted by molar-refractivity contribution is -0.122. The van der Waals surface area contributed by atoms with Gasteiger partial charge in [0.25, 0.3) is 0 Å². The monoisotopic (exact) mass is 323 g/mol. The number of carbonyl (C=O) groups is 2. The van der Waals surface area contributed by atoms with E-state index in [1.165, 1.54) is 6.42 Å². The van der Waals surface area contributed by atoms with Crippen molar-refractivity contribution in [3.05, 3.63) is 0 Å². The third-order valence-corrected chi connectivity index (χ3v) is 3.99. The number of primary amides is 1. The lowest BCUT2D eigenvalue weighted by Gasteiger charge is -2.21. The van der Waals surface area contributed by atoms with E-state index >= 15 is 0 Å². The Balaban J connectivity index is 0. The molecule has 0 aliphatic heterocycles. The van der Waals surface area contributed by atoms with Gasteiger partial charge in [-0.15, -0.1) is 0 Å². The van der Waals surface area contributed by atoms with Crippen molar-refractivity contribution in [3.8, 4) is 0 Å². The van der Waals surface area contributed by atoms with Gasteiger partial charge in [-0.05, 0) is 26.2 Å². The van der Waals surface area contributed by atoms with Crippen molar-refractivity contribution >= 4 is 27.9 Å². The zero-order valence-corrected chi connectivity index (χ0v) is 13.3. The molecule has 5 N–H and O–H groups in total. The van der Waals surface area contributed by atoms with Gasteiger partial charge in [-0.1, -0.05) is 43.1 Å². The summed E-state index contributed by atoms with van der Waals surface area (Å²) >= 11 is 3.26. The molecule has 108 valence electrons. The second kappa shape index (κ2) is 10.3. The van der Waals surface area contributed by atoms with Gasteiger partial charge in [-0.25, -0.2) is 4.79 Å². The fourth-order valence-electron chi connectivity index (χ4n) is 1.25. The third kappa shape index (κ3) is 9.41. The maximum Gasteiger partial charge on any atom is 0.318 e. The molecule has 3 amide bonds. The molecule has 6 heteroatoms. The van der Waals surface area contributed by atoms with Crippen LogP contribution in [0.25, 0.3) is 0 Å². The number of carbonyl (C=O) groups excluding carboxylic acids is 2. The molecule has 18 heavy (non-hydrogen) atoms. The molecule has 0 rings (SSSR count). The Kier molecular flexibility index (Phi) is 11.3. The minimum absolute atomic E-state index is 0.375. The first-order valence-corrected chi connectivity index (χ1v) is 7.08. The lowest BCUT2D eigenvalue weighted by Crippen LogP contribution is -2.46. The maximum absolute atomic E-state index is 11.3. The van der Waals surface area contributed by atoms with E-state index in [1.807, 2.05) is 26.1 Å². The highest BCUT2D eigenvalue weighted by Crippen LogP contribution is 2.26. The van der Waals surface area contributed by atoms with Gasteiger partial charge in [0, 0.05) is 6.04 Å². The van der Waals surface area contributed by atoms with E-state index in [-0.39, 0.29) is 5.91 Å². The van der Waals surface area contributed by atoms with Crippen LogP contribution < -0.4 is 16.8 Å². The first-order valence-electron chi connectivity index (χ1n) is 6.28. The van der Waals surface area contributed by atoms with Crippen molar-refractivity contribution in [2.45, 2.75) is 63.7 Å². The Bertz CT molecular complexity index is 254. The van der Waals surface area contributed by atoms with Crippen LogP contribution in [0.1, 0.15) is 53.4 Å². The van der Waals surface area contributed by atoms with Crippen LogP contribution in [0.3, 0.4) is 0 Å². The Labute approximate surface area is 118 Å². The summed E-state index contributed by atoms with van der Waals surface area (Å²) in [7, 11) is 0. The predicted octanol–water partition coefficient (Wildman–Crippen LogP) is 2.27. The number of hydrogen-bond acceptors (Lipinski definition) is 3. The second-order valence-corrected chi connectivity index (χ2v) is 5.77. The molecule has 0 aromatic heterocycles. The molecule has 1 atom stereocenters. The Morgan fingerprint density at radius 3 is 1.89 bits per heavy atom. The van der Waals surface area contributed by atoms with Gasteiger partial charge in [0.05, 0.1) is 0 Å². The van der Waals surface area contributed by atoms with Crippen molar-refractivity contribution in [2.24, 2.45) is 11.5 Å². The van der Waals surface area contributed by atoms with Gasteiger partial charge in [0.15, 0.2) is 0 Å². The van der Waals surface area contributed by atoms with Crippen LogP contribution >= 0.6 is 15.9 Å². The fourth-order valence-corrected chi connectivity index (χ4v) is 1.35. The van der Waals surface area contributed by atoms with E-state index in [0.717, 1.165) is 6.42 Å². The van der Waals surface area contributed by atoms with Crippen LogP contribution in [0.2, 0.25) is 0 Å². The molecule has 5 nitrogen and oxygen atoms in total. The summed E-state index contributed by atoms with van der Waals surface area (Å²) in [6.45, 7) is 7.89. The summed E-state index contributed by atoms with van der Waals surface area (Å²) in [5.41, 5.74) is 10.2. The summed E-state index contributed by atoms with van der Waals surface area (Å²) in [6, 6.07) is -0.416. The number of urea groups is 1. The zero-order chi connectivity index (χ0) is 14.8. The average molecular weight is 324 g/mol. The molecule has 0 bridgehead atoms. The van der Waals surface area contributed by atoms with Crippen LogP contribution in [0.5, 0.6) is 0 Å². The van der Waals surface area contributed by atoms with Gasteiger partial charge in [-0.3, -0.25) is 10.1 Å². The molecule has 0 spiro atoms. The molecular formula is C12H26BrN3O2. The van der Waals surface area contributed by atoms with Gasteiger partial charge in [0.1, 0.15) is 4.32 Å². The molecule has 0 radical (unpaired) electrons. The van der Waals surface area contributed by atoms with Crippen LogP contribution in [-0.2, 0) is 4.79 Å². The van der Waals surface area contributed by atoms with Crippen molar-refractivity contribution in [1.82, 2.24) is 5.32 Å². The van der Waals surface area contributed by atoms with E-state index < -0.39 is 10.4 Å². The Hall–Kier alpha value is -0.620. The Morgan fingerprint density at radius 2 is 1.72 bits per heavy atom. The van der Waals surface area contributed by atoms with Crippen LogP contribution in [0, 0.1) is 0 Å². The van der Waals surface area contributed by atoms with Crippen LogP contribution in [-0.4, -0.2) is 22.3 Å². The van der Waals surface area contributed by atoms with E-state index in [0.29, 0.717) is 18.9 Å². The smallest absolute Gasteiger partial charge is 0.318 e. The zero-order valence-electron chi connectivity index (χ0n) is 11.8. The molecule has 0 saturated heterocycles. The Morgan fingerprint density at radius 1 is 1.28 bits per heavy atom. The summed E-state index contributed by atoms with van der Waals surface area (Å²) in [4.78, 5) is 21.6. The SMILES string of the molecule is CCC(Br)(CC)C(=O)NC(N)=O.CCCC(C)N. The van der Waals surface area contributed by atoms with Gasteiger partial charge < -0.3 is 11.5 Å². The lowest BCUT2D eigenvalue weighted by atomic mass is 10.0. The standard InChI is InChI=1S/C7H13BrN2O2.C5H13N/c1-3-7(8,4-2)5(11)10-6(9)12;1-3-4-5(2)6/h3-4H2,1-2H3,(H3,9,10,11,12);5H,3-4,6H2,1-2H3. The minimum Gasteiger partial charge on any atom is -0.351 e. The summed E-state index contributed by atoms with van der Waals surface area (Å²) in [5, 5.41) is 2.04. The highest BCUT2D eigenvalue weighted by atomic mass is 79.9. The molecular weight excluding hydrogens is 298 g/mol. The fraction of sp³-hybridized carbons (Fsp3) is 0.833. The minimum atomic E-state index is -0.814. The third-order valence-electron chi connectivity index (χ3n) is 2.51. The van der Waals surface area contributed by atoms with Gasteiger partial charge in [0.2, 0.25) is 5.91 Å². The number of halogens is 1. The highest BCUT2D eigenvalue weighted by Gasteiger charge is 2.32. The number of nitrogens with one attached hydrogen (secondary N) is 1. The van der Waals surface area contributed by atoms with Crippen molar-refractivity contribution in [3.63, 3.8) is 0 Å². The second-order valence-electron chi connectivity index (χ2n) is 4.26. The van der Waals surface area contributed by atoms with E-state index in [2.05, 4.69) is 22.9 Å². The summed E-state index contributed by atoms with van der Waals surface area (Å²) in [6.07, 6.45) is 3.59. The molecule has 0 heterocycles. The summed E-state index contributed by atoms with van der Waals surface area (Å²) in [5.74, 6) is -0.375. The topological polar surface area (TPSA) is 98.2 Å². The van der Waals surface area contributed by atoms with Crippen LogP contribution in [0.4, 0.5) is 4.79 Å². The van der Waals surface area contributed by atoms with Gasteiger partial charge in [-0.2, -0.15) is 0 Å². The largest absolute Gasteiger partial charge is 0.351 e. The number of imide groups is 1. The average Bonchev–Trinajstić information content (AvgIpc) is 2.27. The molecule has 0 fully saturated rings. The number of nitrogens with two attached hydrogens (primary N) is 2. The van der Waals surface area contributed by atoms with Crippen molar-refractivity contribution in [2.75, 3.05) is 0 Å². The van der Waals surface area contributed by atoms with E-state index in [4.69, 9.17) is 11.5 Å². The molecule has 0 aromatic rings. The number of alkyl halides is 1. The first kappa shape index (κ1) is 19.7. The quantitative estimate of drug-likeness (QED) is 0.677. The highest BCUT2D eigenvalue weighted by molar-refractivity contribution is 9.10. The van der Waals surface area contributed by atoms with Gasteiger partial charge >= 0.3 is 6.03 Å². The normalized spacial score (nSPS) is 12.1. The number of rotatable bonds is 5. The molecule has 1 unspecified atom stereocenters. The number of hydrogen-bond donors (Lipinski definition) is 3. The molecule has 0 aromatic carbocycles. The van der Waals surface area contributed by atoms with E-state index in [9.17, 15) is 9.59 Å². The van der Waals surface area contributed by atoms with Crippen molar-refractivity contribution < 1.29 is 9.59 Å². The molecule has 0 aliphatic rings. The molecule has 0 aliphatic carbocycles. The number of amides is 3. The van der Waals surface area contributed by atoms with Crippen LogP contribution in [0.15, 0.2) is 0 Å². The maximum atomic E-state index is 11.3. The first-order chi connectivity index (χ1) is 8.23. The van der Waals surface area contributed by atoms with Crippen molar-refractivity contribution in [1.29, 1.82) is 0 Å². The molecule has 0 saturated carbocycles. The summed E-state index contributed by atoms with van der Waals surface area (Å²) < 4.78 is -0.665. The predicted molar refractivity (Wildman–Crippen MR) is 78.5 cm³/mol.